The first kappa shape index (κ1) is 23.1. The van der Waals surface area contributed by atoms with E-state index in [1.807, 2.05) is 6.07 Å². The molecule has 2 amide bonds. The molecule has 0 aliphatic heterocycles. The molecule has 4 aromatic rings. The lowest BCUT2D eigenvalue weighted by atomic mass is 10.1. The first-order valence-corrected chi connectivity index (χ1v) is 10.9. The van der Waals surface area contributed by atoms with Crippen LogP contribution >= 0.6 is 11.3 Å². The lowest BCUT2D eigenvalue weighted by molar-refractivity contribution is -0.137. The summed E-state index contributed by atoms with van der Waals surface area (Å²) in [5.41, 5.74) is 1.17. The Kier molecular flexibility index (Phi) is 6.69. The minimum absolute atomic E-state index is 0.0159. The van der Waals surface area contributed by atoms with Gasteiger partial charge in [0.1, 0.15) is 5.01 Å². The number of hydrogen-bond acceptors (Lipinski definition) is 5. The Morgan fingerprint density at radius 1 is 0.941 bits per heavy atom. The average molecular weight is 482 g/mol. The number of carbonyl (C=O) groups excluding carboxylic acids is 2. The van der Waals surface area contributed by atoms with E-state index in [1.165, 1.54) is 35.6 Å². The molecule has 2 aromatic heterocycles. The predicted molar refractivity (Wildman–Crippen MR) is 124 cm³/mol. The molecule has 0 spiro atoms. The summed E-state index contributed by atoms with van der Waals surface area (Å²) < 4.78 is 38.7. The van der Waals surface area contributed by atoms with Gasteiger partial charge < -0.3 is 10.6 Å². The van der Waals surface area contributed by atoms with Gasteiger partial charge in [-0.1, -0.05) is 12.1 Å². The van der Waals surface area contributed by atoms with Gasteiger partial charge in [0.15, 0.2) is 0 Å². The Hall–Kier alpha value is -4.05. The molecule has 2 heterocycles. The highest BCUT2D eigenvalue weighted by atomic mass is 32.1. The van der Waals surface area contributed by atoms with Crippen molar-refractivity contribution in [2.45, 2.75) is 12.6 Å². The summed E-state index contributed by atoms with van der Waals surface area (Å²) in [5, 5.41) is 7.70. The van der Waals surface area contributed by atoms with Gasteiger partial charge in [-0.2, -0.15) is 13.2 Å². The van der Waals surface area contributed by atoms with Crippen LogP contribution in [0.1, 0.15) is 21.6 Å². The number of pyridine rings is 1. The summed E-state index contributed by atoms with van der Waals surface area (Å²) in [5.74, 6) is -0.922. The Morgan fingerprint density at radius 3 is 2.44 bits per heavy atom. The van der Waals surface area contributed by atoms with Crippen LogP contribution in [0.2, 0.25) is 0 Å². The summed E-state index contributed by atoms with van der Waals surface area (Å²) in [6.07, 6.45) is -1.11. The molecule has 0 bridgehead atoms. The second-order valence-corrected chi connectivity index (χ2v) is 8.08. The number of anilines is 2. The summed E-state index contributed by atoms with van der Waals surface area (Å²) in [4.78, 5) is 33.5. The van der Waals surface area contributed by atoms with Crippen molar-refractivity contribution < 1.29 is 22.8 Å². The van der Waals surface area contributed by atoms with E-state index in [0.717, 1.165) is 22.7 Å². The molecule has 6 nitrogen and oxygen atoms in total. The largest absolute Gasteiger partial charge is 0.416 e. The van der Waals surface area contributed by atoms with Crippen molar-refractivity contribution in [3.05, 3.63) is 95.3 Å². The van der Waals surface area contributed by atoms with E-state index >= 15 is 0 Å². The molecule has 0 saturated heterocycles. The van der Waals surface area contributed by atoms with E-state index in [1.54, 1.807) is 36.0 Å². The molecular weight excluding hydrogens is 465 g/mol. The molecular formula is C24H17F3N4O2S. The number of carbonyl (C=O) groups is 2. The van der Waals surface area contributed by atoms with Crippen molar-refractivity contribution in [1.82, 2.24) is 9.97 Å². The van der Waals surface area contributed by atoms with Crippen molar-refractivity contribution >= 4 is 34.5 Å². The molecule has 0 fully saturated rings. The summed E-state index contributed by atoms with van der Waals surface area (Å²) in [7, 11) is 0. The lowest BCUT2D eigenvalue weighted by Crippen LogP contribution is -2.16. The quantitative estimate of drug-likeness (QED) is 0.372. The number of benzene rings is 2. The zero-order valence-electron chi connectivity index (χ0n) is 17.5. The monoisotopic (exact) mass is 482 g/mol. The first-order chi connectivity index (χ1) is 16.3. The third-order valence-corrected chi connectivity index (χ3v) is 5.60. The van der Waals surface area contributed by atoms with Crippen molar-refractivity contribution in [3.63, 3.8) is 0 Å². The molecule has 0 radical (unpaired) electrons. The highest BCUT2D eigenvalue weighted by Crippen LogP contribution is 2.30. The van der Waals surface area contributed by atoms with Crippen LogP contribution < -0.4 is 10.6 Å². The maximum absolute atomic E-state index is 12.9. The van der Waals surface area contributed by atoms with Gasteiger partial charge in [0.05, 0.1) is 17.7 Å². The number of aromatic nitrogens is 2. The fourth-order valence-corrected chi connectivity index (χ4v) is 3.90. The number of rotatable bonds is 6. The number of nitrogens with zero attached hydrogens (tertiary/aromatic N) is 2. The SMILES string of the molecule is O=C(Cc1csc(-c2cccnc2)n1)Nc1cccc(C(=O)Nc2cccc(C(F)(F)F)c2)c1. The predicted octanol–water partition coefficient (Wildman–Crippen LogP) is 5.66. The van der Waals surface area contributed by atoms with E-state index in [0.29, 0.717) is 11.4 Å². The molecule has 172 valence electrons. The maximum Gasteiger partial charge on any atom is 0.416 e. The van der Waals surface area contributed by atoms with Gasteiger partial charge in [-0.05, 0) is 48.5 Å². The van der Waals surface area contributed by atoms with Crippen LogP contribution in [0.4, 0.5) is 24.5 Å². The van der Waals surface area contributed by atoms with E-state index in [-0.39, 0.29) is 23.6 Å². The molecule has 4 rings (SSSR count). The van der Waals surface area contributed by atoms with Gasteiger partial charge in [-0.25, -0.2) is 4.98 Å². The van der Waals surface area contributed by atoms with Gasteiger partial charge >= 0.3 is 6.18 Å². The molecule has 10 heteroatoms. The lowest BCUT2D eigenvalue weighted by Gasteiger charge is -2.11. The molecule has 0 atom stereocenters. The van der Waals surface area contributed by atoms with Gasteiger partial charge in [0.25, 0.3) is 5.91 Å². The molecule has 0 aliphatic carbocycles. The van der Waals surface area contributed by atoms with Crippen molar-refractivity contribution in [2.24, 2.45) is 0 Å². The van der Waals surface area contributed by atoms with Crippen molar-refractivity contribution in [3.8, 4) is 10.6 Å². The fraction of sp³-hybridized carbons (Fsp3) is 0.0833. The van der Waals surface area contributed by atoms with E-state index in [2.05, 4.69) is 20.6 Å². The average Bonchev–Trinajstić information content (AvgIpc) is 3.28. The third-order valence-electron chi connectivity index (χ3n) is 4.66. The Balaban J connectivity index is 1.39. The minimum atomic E-state index is -4.51. The fourth-order valence-electron chi connectivity index (χ4n) is 3.09. The third kappa shape index (κ3) is 5.84. The highest BCUT2D eigenvalue weighted by molar-refractivity contribution is 7.13. The minimum Gasteiger partial charge on any atom is -0.326 e. The van der Waals surface area contributed by atoms with Crippen molar-refractivity contribution in [1.29, 1.82) is 0 Å². The highest BCUT2D eigenvalue weighted by Gasteiger charge is 2.30. The smallest absolute Gasteiger partial charge is 0.326 e. The Labute approximate surface area is 196 Å². The van der Waals surface area contributed by atoms with Crippen molar-refractivity contribution in [2.75, 3.05) is 10.6 Å². The van der Waals surface area contributed by atoms with Gasteiger partial charge in [-0.3, -0.25) is 14.6 Å². The van der Waals surface area contributed by atoms with Crippen LogP contribution in [0.3, 0.4) is 0 Å². The second kappa shape index (κ2) is 9.84. The topological polar surface area (TPSA) is 84.0 Å². The molecule has 34 heavy (non-hydrogen) atoms. The molecule has 0 saturated carbocycles. The van der Waals surface area contributed by atoms with Crippen LogP contribution in [0.5, 0.6) is 0 Å². The van der Waals surface area contributed by atoms with E-state index in [4.69, 9.17) is 0 Å². The number of amides is 2. The number of halogens is 3. The summed E-state index contributed by atoms with van der Waals surface area (Å²) >= 11 is 1.41. The van der Waals surface area contributed by atoms with Gasteiger partial charge in [-0.15, -0.1) is 11.3 Å². The van der Waals surface area contributed by atoms with Crippen LogP contribution in [0.15, 0.2) is 78.4 Å². The maximum atomic E-state index is 12.9. The summed E-state index contributed by atoms with van der Waals surface area (Å²) in [6.45, 7) is 0. The second-order valence-electron chi connectivity index (χ2n) is 7.22. The van der Waals surface area contributed by atoms with Gasteiger partial charge in [0, 0.05) is 40.3 Å². The van der Waals surface area contributed by atoms with E-state index in [9.17, 15) is 22.8 Å². The Morgan fingerprint density at radius 2 is 1.71 bits per heavy atom. The Bertz CT molecular complexity index is 1320. The molecule has 2 aromatic carbocycles. The van der Waals surface area contributed by atoms with Crippen LogP contribution in [0, 0.1) is 0 Å². The molecule has 2 N–H and O–H groups in total. The molecule has 0 aliphatic rings. The van der Waals surface area contributed by atoms with Crippen LogP contribution in [-0.4, -0.2) is 21.8 Å². The number of hydrogen-bond donors (Lipinski definition) is 2. The summed E-state index contributed by atoms with van der Waals surface area (Å²) in [6, 6.07) is 14.2. The van der Waals surface area contributed by atoms with Crippen LogP contribution in [-0.2, 0) is 17.4 Å². The normalized spacial score (nSPS) is 11.1. The zero-order valence-corrected chi connectivity index (χ0v) is 18.3. The standard InChI is InChI=1S/C24H17F3N4O2S/c25-24(26,27)17-6-2-8-19(11-17)30-22(33)15-4-1-7-18(10-15)29-21(32)12-20-14-34-23(31-20)16-5-3-9-28-13-16/h1-11,13-14H,12H2,(H,29,32)(H,30,33). The number of nitrogens with one attached hydrogen (secondary N) is 2. The first-order valence-electron chi connectivity index (χ1n) is 10.0. The van der Waals surface area contributed by atoms with Gasteiger partial charge in [0.2, 0.25) is 5.91 Å². The number of alkyl halides is 3. The number of thiazole rings is 1. The van der Waals surface area contributed by atoms with E-state index < -0.39 is 17.6 Å². The van der Waals surface area contributed by atoms with Crippen LogP contribution in [0.25, 0.3) is 10.6 Å². The molecule has 0 unspecified atom stereocenters. The zero-order chi connectivity index (χ0) is 24.1.